The van der Waals surface area contributed by atoms with E-state index in [-0.39, 0.29) is 12.4 Å². The molecule has 0 heterocycles. The second kappa shape index (κ2) is 22.9. The van der Waals surface area contributed by atoms with E-state index in [1.54, 1.807) is 0 Å². The molecule has 0 spiro atoms. The molecular weight excluding hydrogens is 328 g/mol. The molecule has 0 radical (unpaired) electrons. The minimum absolute atomic E-state index is 0. The molecule has 0 fully saturated rings. The Hall–Kier alpha value is -1.07. The summed E-state index contributed by atoms with van der Waals surface area (Å²) in [5.41, 5.74) is 1.50. The van der Waals surface area contributed by atoms with E-state index in [0.29, 0.717) is 0 Å². The zero-order valence-electron chi connectivity index (χ0n) is 16.3. The second-order valence-corrected chi connectivity index (χ2v) is 6.83. The summed E-state index contributed by atoms with van der Waals surface area (Å²) in [6.07, 6.45) is 21.5. The predicted octanol–water partition coefficient (Wildman–Crippen LogP) is 2.99. The van der Waals surface area contributed by atoms with Crippen LogP contribution in [-0.4, -0.2) is 0 Å². The first-order chi connectivity index (χ1) is 11.9. The minimum Gasteiger partial charge on any atom is -1.00 e. The molecule has 0 unspecified atom stereocenters. The van der Waals surface area contributed by atoms with Gasteiger partial charge in [-0.25, -0.2) is 0 Å². The molecule has 1 aromatic carbocycles. The maximum absolute atomic E-state index is 6.25. The van der Waals surface area contributed by atoms with Crippen LogP contribution in [0.15, 0.2) is 30.3 Å². The van der Waals surface area contributed by atoms with Crippen molar-refractivity contribution < 1.29 is 17.8 Å². The van der Waals surface area contributed by atoms with Crippen molar-refractivity contribution in [2.75, 3.05) is 0 Å². The van der Waals surface area contributed by atoms with Crippen LogP contribution >= 0.6 is 0 Å². The molecule has 1 N–H and O–H groups in total. The Kier molecular flexibility index (Phi) is 24.0. The number of rotatable bonds is 15. The van der Waals surface area contributed by atoms with Gasteiger partial charge in [-0.3, -0.25) is 0 Å². The fourth-order valence-electron chi connectivity index (χ4n) is 3.17. The van der Waals surface area contributed by atoms with Gasteiger partial charge in [-0.05, 0) is 18.4 Å². The predicted molar refractivity (Wildman–Crippen MR) is 103 cm³/mol. The summed E-state index contributed by atoms with van der Waals surface area (Å²) in [6.45, 7) is 2.29. The van der Waals surface area contributed by atoms with E-state index in [0.717, 1.165) is 0 Å². The highest BCUT2D eigenvalue weighted by atomic mass is 35.5. The topological polar surface area (TPSA) is 47.6 Å². The molecule has 0 aliphatic heterocycles. The second-order valence-electron chi connectivity index (χ2n) is 6.83. The molecule has 0 aromatic heterocycles. The summed E-state index contributed by atoms with van der Waals surface area (Å²) < 4.78 is 0. The van der Waals surface area contributed by atoms with Gasteiger partial charge in [0.25, 0.3) is 0 Å². The number of benzene rings is 1. The monoisotopic (exact) mass is 366 g/mol. The van der Waals surface area contributed by atoms with Crippen LogP contribution in [0, 0.1) is 5.39 Å². The Labute approximate surface area is 162 Å². The highest BCUT2D eigenvalue weighted by molar-refractivity contribution is 5.14. The van der Waals surface area contributed by atoms with Gasteiger partial charge in [-0.15, -0.1) is 0 Å². The summed E-state index contributed by atoms with van der Waals surface area (Å²) >= 11 is 0. The van der Waals surface area contributed by atoms with Crippen LogP contribution < -0.4 is 17.8 Å². The third-order valence-electron chi connectivity index (χ3n) is 4.66. The molecule has 0 aliphatic carbocycles. The average molecular weight is 367 g/mol. The first-order valence-corrected chi connectivity index (χ1v) is 10.2. The minimum atomic E-state index is 0. The van der Waals surface area contributed by atoms with Crippen molar-refractivity contribution in [3.05, 3.63) is 35.9 Å². The van der Waals surface area contributed by atoms with Crippen molar-refractivity contribution in [1.29, 1.82) is 5.39 Å². The SMILES string of the molecule is CCCCCCCCCCCCCCCCc1ccccc1.N#[NH+].[Cl-]. The Balaban J connectivity index is 0. The van der Waals surface area contributed by atoms with Gasteiger partial charge in [-0.1, -0.05) is 121 Å². The lowest BCUT2D eigenvalue weighted by atomic mass is 10.0. The Morgan fingerprint density at radius 1 is 0.600 bits per heavy atom. The lowest BCUT2D eigenvalue weighted by Crippen LogP contribution is -3.00. The van der Waals surface area contributed by atoms with Crippen LogP contribution in [0.4, 0.5) is 0 Å². The maximum Gasteiger partial charge on any atom is 0.212 e. The zero-order chi connectivity index (χ0) is 17.7. The summed E-state index contributed by atoms with van der Waals surface area (Å²) in [5.74, 6) is 0. The smallest absolute Gasteiger partial charge is 0.212 e. The molecule has 2 nitrogen and oxygen atoms in total. The molecule has 0 saturated heterocycles. The normalized spacial score (nSPS) is 9.72. The fourth-order valence-corrected chi connectivity index (χ4v) is 3.17. The summed E-state index contributed by atoms with van der Waals surface area (Å²) in [5, 5.41) is 11.0. The van der Waals surface area contributed by atoms with E-state index in [4.69, 9.17) is 10.8 Å². The molecule has 0 bridgehead atoms. The van der Waals surface area contributed by atoms with Gasteiger partial charge in [0.1, 0.15) is 0 Å². The number of hydrogen-bond donors (Lipinski definition) is 1. The number of nitrogens with one attached hydrogen (secondary N) is 1. The van der Waals surface area contributed by atoms with Gasteiger partial charge in [0.2, 0.25) is 5.39 Å². The highest BCUT2D eigenvalue weighted by Crippen LogP contribution is 2.13. The molecule has 25 heavy (non-hydrogen) atoms. The van der Waals surface area contributed by atoms with E-state index >= 15 is 0 Å². The quantitative estimate of drug-likeness (QED) is 0.376. The van der Waals surface area contributed by atoms with Gasteiger partial charge in [0.05, 0.1) is 5.39 Å². The maximum atomic E-state index is 6.25. The number of nitrogens with zero attached hydrogens (tertiary/aromatic N) is 1. The van der Waals surface area contributed by atoms with Gasteiger partial charge < -0.3 is 12.4 Å². The van der Waals surface area contributed by atoms with Crippen molar-refractivity contribution in [2.45, 2.75) is 103 Å². The molecular formula is C22H39ClN2. The third kappa shape index (κ3) is 19.1. The van der Waals surface area contributed by atoms with Crippen molar-refractivity contribution >= 4 is 0 Å². The summed E-state index contributed by atoms with van der Waals surface area (Å²) in [6, 6.07) is 10.9. The molecule has 144 valence electrons. The van der Waals surface area contributed by atoms with Crippen molar-refractivity contribution in [2.24, 2.45) is 0 Å². The van der Waals surface area contributed by atoms with Crippen LogP contribution in [0.3, 0.4) is 0 Å². The largest absolute Gasteiger partial charge is 1.00 e. The third-order valence-corrected chi connectivity index (χ3v) is 4.66. The summed E-state index contributed by atoms with van der Waals surface area (Å²) in [4.78, 5) is 0. The highest BCUT2D eigenvalue weighted by Gasteiger charge is 1.95. The molecule has 0 aliphatic rings. The van der Waals surface area contributed by atoms with Crippen LogP contribution in [0.5, 0.6) is 0 Å². The summed E-state index contributed by atoms with van der Waals surface area (Å²) in [7, 11) is 0. The van der Waals surface area contributed by atoms with E-state index in [2.05, 4.69) is 37.3 Å². The molecule has 1 aromatic rings. The molecule has 1 rings (SSSR count). The van der Waals surface area contributed by atoms with E-state index < -0.39 is 0 Å². The number of hydrogen-bond acceptors (Lipinski definition) is 1. The fraction of sp³-hybridized carbons (Fsp3) is 0.727. The Morgan fingerprint density at radius 3 is 1.36 bits per heavy atom. The zero-order valence-corrected chi connectivity index (χ0v) is 17.1. The van der Waals surface area contributed by atoms with Crippen molar-refractivity contribution in [1.82, 2.24) is 0 Å². The van der Waals surface area contributed by atoms with Crippen LogP contribution in [0.1, 0.15) is 102 Å². The first-order valence-electron chi connectivity index (χ1n) is 10.2. The van der Waals surface area contributed by atoms with E-state index in [1.807, 2.05) is 0 Å². The van der Waals surface area contributed by atoms with Gasteiger partial charge >= 0.3 is 0 Å². The number of diazo groups is 1. The van der Waals surface area contributed by atoms with Crippen molar-refractivity contribution in [3.8, 4) is 0 Å². The molecule has 0 atom stereocenters. The van der Waals surface area contributed by atoms with Gasteiger partial charge in [0.15, 0.2) is 0 Å². The number of aryl methyl sites for hydroxylation is 1. The molecule has 3 heteroatoms. The lowest BCUT2D eigenvalue weighted by molar-refractivity contribution is -0.175. The Morgan fingerprint density at radius 2 is 0.960 bits per heavy atom. The van der Waals surface area contributed by atoms with Crippen LogP contribution in [0.25, 0.3) is 0 Å². The number of unbranched alkanes of at least 4 members (excludes halogenated alkanes) is 13. The first kappa shape index (κ1) is 26.2. The lowest BCUT2D eigenvalue weighted by Gasteiger charge is -2.03. The number of halogens is 1. The Bertz CT molecular complexity index is 365. The van der Waals surface area contributed by atoms with Gasteiger partial charge in [-0.2, -0.15) is 0 Å². The van der Waals surface area contributed by atoms with Crippen LogP contribution in [-0.2, 0) is 6.42 Å². The molecule has 0 saturated carbocycles. The standard InChI is InChI=1S/C22H38.ClH.N2/c1-2-3-4-5-6-7-8-9-10-11-12-13-14-16-19-22-20-17-15-18-21-22;;1-2/h15,17-18,20-21H,2-14,16,19H2,1H3;1H;. The average Bonchev–Trinajstić information content (AvgIpc) is 2.64. The van der Waals surface area contributed by atoms with Gasteiger partial charge in [0, 0.05) is 0 Å². The van der Waals surface area contributed by atoms with Crippen LogP contribution in [0.2, 0.25) is 0 Å². The van der Waals surface area contributed by atoms with E-state index in [9.17, 15) is 0 Å². The van der Waals surface area contributed by atoms with Crippen molar-refractivity contribution in [3.63, 3.8) is 0 Å². The van der Waals surface area contributed by atoms with E-state index in [1.165, 1.54) is 102 Å². The molecule has 0 amide bonds.